The van der Waals surface area contributed by atoms with E-state index in [-0.39, 0.29) is 11.0 Å². The Morgan fingerprint density at radius 2 is 1.79 bits per heavy atom. The summed E-state index contributed by atoms with van der Waals surface area (Å²) in [6.45, 7) is 14.1. The largest absolute Gasteiger partial charge is 0.300 e. The van der Waals surface area contributed by atoms with Gasteiger partial charge in [0, 0.05) is 18.6 Å². The number of likely N-dealkylation sites (N-methyl/N-ethyl adjacent to an activating group) is 1. The lowest BCUT2D eigenvalue weighted by Gasteiger charge is -2.41. The van der Waals surface area contributed by atoms with Crippen LogP contribution in [-0.2, 0) is 0 Å². The van der Waals surface area contributed by atoms with Crippen molar-refractivity contribution in [1.82, 2.24) is 10.2 Å². The summed E-state index contributed by atoms with van der Waals surface area (Å²) in [5.41, 5.74) is -0.139. The maximum atomic E-state index is 9.73. The molecule has 0 radical (unpaired) electrons. The van der Waals surface area contributed by atoms with Crippen molar-refractivity contribution in [2.45, 2.75) is 72.0 Å². The number of nitriles is 1. The monoisotopic (exact) mass is 265 g/mol. The maximum absolute atomic E-state index is 9.73. The molecule has 0 heterocycles. The van der Waals surface area contributed by atoms with Crippen LogP contribution in [0.25, 0.3) is 0 Å². The Morgan fingerprint density at radius 1 is 1.26 bits per heavy atom. The molecule has 0 aromatic rings. The normalized spacial score (nSPS) is 21.3. The quantitative estimate of drug-likeness (QED) is 0.802. The molecule has 0 aliphatic heterocycles. The fourth-order valence-corrected chi connectivity index (χ4v) is 2.73. The predicted octanol–water partition coefficient (Wildman–Crippen LogP) is 3.02. The number of hydrogen-bond donors (Lipinski definition) is 1. The fraction of sp³-hybridized carbons (Fsp3) is 0.938. The molecule has 0 saturated heterocycles. The lowest BCUT2D eigenvalue weighted by molar-refractivity contribution is 0.107. The zero-order chi connectivity index (χ0) is 14.8. The highest BCUT2D eigenvalue weighted by Gasteiger charge is 2.47. The Morgan fingerprint density at radius 3 is 2.11 bits per heavy atom. The number of hydrogen-bond acceptors (Lipinski definition) is 3. The molecule has 0 spiro atoms. The average molecular weight is 265 g/mol. The molecule has 0 amide bonds. The highest BCUT2D eigenvalue weighted by Crippen LogP contribution is 2.40. The van der Waals surface area contributed by atoms with Crippen LogP contribution in [0, 0.1) is 22.7 Å². The number of nitrogens with zero attached hydrogens (tertiary/aromatic N) is 2. The van der Waals surface area contributed by atoms with Crippen molar-refractivity contribution >= 4 is 0 Å². The summed E-state index contributed by atoms with van der Waals surface area (Å²) in [5.74, 6) is 0.523. The van der Waals surface area contributed by atoms with E-state index in [2.05, 4.69) is 64.9 Å². The van der Waals surface area contributed by atoms with Crippen LogP contribution in [0.4, 0.5) is 0 Å². The van der Waals surface area contributed by atoms with E-state index in [0.29, 0.717) is 18.0 Å². The summed E-state index contributed by atoms with van der Waals surface area (Å²) in [6, 6.07) is 3.39. The van der Waals surface area contributed by atoms with E-state index < -0.39 is 0 Å². The van der Waals surface area contributed by atoms with E-state index in [9.17, 15) is 5.26 Å². The standard InChI is InChI=1S/C16H31N3/c1-12(2)18-16(10-17,14-8-9-14)11-19(7)13(3)15(4,5)6/h12-14,18H,8-9,11H2,1-7H3. The van der Waals surface area contributed by atoms with Gasteiger partial charge in [-0.3, -0.25) is 5.32 Å². The molecule has 1 fully saturated rings. The molecule has 3 heteroatoms. The predicted molar refractivity (Wildman–Crippen MR) is 80.9 cm³/mol. The molecule has 1 rings (SSSR count). The minimum Gasteiger partial charge on any atom is -0.300 e. The smallest absolute Gasteiger partial charge is 0.122 e. The molecule has 0 aromatic carbocycles. The van der Waals surface area contributed by atoms with Crippen LogP contribution in [-0.4, -0.2) is 36.1 Å². The zero-order valence-electron chi connectivity index (χ0n) is 13.7. The third kappa shape index (κ3) is 4.19. The van der Waals surface area contributed by atoms with E-state index in [0.717, 1.165) is 6.54 Å². The molecule has 0 bridgehead atoms. The third-order valence-corrected chi connectivity index (χ3v) is 4.43. The molecular weight excluding hydrogens is 234 g/mol. The Bertz CT molecular complexity index is 333. The Balaban J connectivity index is 2.81. The molecule has 2 unspecified atom stereocenters. The Kier molecular flexibility index (Phi) is 5.03. The van der Waals surface area contributed by atoms with Gasteiger partial charge in [0.15, 0.2) is 0 Å². The van der Waals surface area contributed by atoms with Gasteiger partial charge in [0.1, 0.15) is 5.54 Å². The van der Waals surface area contributed by atoms with Crippen molar-refractivity contribution in [3.8, 4) is 6.07 Å². The van der Waals surface area contributed by atoms with Gasteiger partial charge in [-0.2, -0.15) is 5.26 Å². The first kappa shape index (κ1) is 16.5. The zero-order valence-corrected chi connectivity index (χ0v) is 13.7. The first-order valence-electron chi connectivity index (χ1n) is 7.51. The molecule has 1 N–H and O–H groups in total. The van der Waals surface area contributed by atoms with Gasteiger partial charge < -0.3 is 4.90 Å². The summed E-state index contributed by atoms with van der Waals surface area (Å²) >= 11 is 0. The van der Waals surface area contributed by atoms with Gasteiger partial charge >= 0.3 is 0 Å². The van der Waals surface area contributed by atoms with Crippen molar-refractivity contribution in [2.75, 3.05) is 13.6 Å². The van der Waals surface area contributed by atoms with Crippen LogP contribution in [0.5, 0.6) is 0 Å². The summed E-state index contributed by atoms with van der Waals surface area (Å²) in [5, 5.41) is 13.3. The third-order valence-electron chi connectivity index (χ3n) is 4.43. The van der Waals surface area contributed by atoms with Crippen molar-refractivity contribution in [3.63, 3.8) is 0 Å². The van der Waals surface area contributed by atoms with Crippen LogP contribution in [0.3, 0.4) is 0 Å². The molecule has 19 heavy (non-hydrogen) atoms. The van der Waals surface area contributed by atoms with Crippen LogP contribution in [0.1, 0.15) is 54.4 Å². The fourth-order valence-electron chi connectivity index (χ4n) is 2.73. The van der Waals surface area contributed by atoms with Gasteiger partial charge in [-0.1, -0.05) is 20.8 Å². The molecule has 1 aliphatic carbocycles. The summed E-state index contributed by atoms with van der Waals surface area (Å²) in [4.78, 5) is 2.34. The van der Waals surface area contributed by atoms with Crippen molar-refractivity contribution in [2.24, 2.45) is 11.3 Å². The molecule has 1 saturated carbocycles. The van der Waals surface area contributed by atoms with Crippen LogP contribution in [0.2, 0.25) is 0 Å². The second-order valence-corrected chi connectivity index (χ2v) is 7.61. The van der Waals surface area contributed by atoms with Crippen molar-refractivity contribution in [3.05, 3.63) is 0 Å². The van der Waals surface area contributed by atoms with Crippen molar-refractivity contribution < 1.29 is 0 Å². The first-order valence-corrected chi connectivity index (χ1v) is 7.51. The minimum absolute atomic E-state index is 0.233. The van der Waals surface area contributed by atoms with E-state index in [1.54, 1.807) is 0 Å². The van der Waals surface area contributed by atoms with E-state index in [1.807, 2.05) is 0 Å². The Hall–Kier alpha value is -0.590. The van der Waals surface area contributed by atoms with E-state index >= 15 is 0 Å². The van der Waals surface area contributed by atoms with Gasteiger partial charge in [0.2, 0.25) is 0 Å². The molecule has 110 valence electrons. The van der Waals surface area contributed by atoms with Gasteiger partial charge in [-0.05, 0) is 52.0 Å². The second kappa shape index (κ2) is 5.81. The van der Waals surface area contributed by atoms with Gasteiger partial charge in [-0.25, -0.2) is 0 Å². The molecule has 1 aliphatic rings. The highest BCUT2D eigenvalue weighted by atomic mass is 15.2. The number of rotatable bonds is 6. The topological polar surface area (TPSA) is 39.1 Å². The summed E-state index contributed by atoms with van der Waals surface area (Å²) < 4.78 is 0. The molecule has 3 nitrogen and oxygen atoms in total. The lowest BCUT2D eigenvalue weighted by atomic mass is 9.85. The second-order valence-electron chi connectivity index (χ2n) is 7.61. The summed E-state index contributed by atoms with van der Waals surface area (Å²) in [6.07, 6.45) is 2.37. The number of nitrogens with one attached hydrogen (secondary N) is 1. The van der Waals surface area contributed by atoms with Gasteiger partial charge in [0.25, 0.3) is 0 Å². The maximum Gasteiger partial charge on any atom is 0.122 e. The van der Waals surface area contributed by atoms with Crippen LogP contribution < -0.4 is 5.32 Å². The van der Waals surface area contributed by atoms with Crippen LogP contribution >= 0.6 is 0 Å². The minimum atomic E-state index is -0.373. The lowest BCUT2D eigenvalue weighted by Crippen LogP contribution is -2.58. The summed E-state index contributed by atoms with van der Waals surface area (Å²) in [7, 11) is 2.15. The van der Waals surface area contributed by atoms with E-state index in [4.69, 9.17) is 0 Å². The average Bonchev–Trinajstić information content (AvgIpc) is 3.08. The highest BCUT2D eigenvalue weighted by molar-refractivity contribution is 5.17. The molecule has 2 atom stereocenters. The van der Waals surface area contributed by atoms with Gasteiger partial charge in [0.05, 0.1) is 6.07 Å². The Labute approximate surface area is 119 Å². The molecular formula is C16H31N3. The van der Waals surface area contributed by atoms with E-state index in [1.165, 1.54) is 12.8 Å². The van der Waals surface area contributed by atoms with Crippen molar-refractivity contribution in [1.29, 1.82) is 5.26 Å². The molecule has 0 aromatic heterocycles. The first-order chi connectivity index (χ1) is 8.62. The van der Waals surface area contributed by atoms with Gasteiger partial charge in [-0.15, -0.1) is 0 Å². The SMILES string of the molecule is CC(C)NC(C#N)(CN(C)C(C)C(C)(C)C)C1CC1. The van der Waals surface area contributed by atoms with Crippen LogP contribution in [0.15, 0.2) is 0 Å².